The molecule has 1 fully saturated rings. The van der Waals surface area contributed by atoms with Crippen molar-refractivity contribution < 1.29 is 9.59 Å². The fourth-order valence-corrected chi connectivity index (χ4v) is 2.52. The van der Waals surface area contributed by atoms with E-state index in [1.165, 1.54) is 0 Å². The Balaban J connectivity index is 1.53. The molecule has 6 heteroatoms. The van der Waals surface area contributed by atoms with Gasteiger partial charge in [-0.1, -0.05) is 19.1 Å². The predicted octanol–water partition coefficient (Wildman–Crippen LogP) is 1.97. The zero-order chi connectivity index (χ0) is 16.2. The van der Waals surface area contributed by atoms with Crippen LogP contribution in [0.1, 0.15) is 19.8 Å². The van der Waals surface area contributed by atoms with Crippen molar-refractivity contribution in [2.45, 2.75) is 19.8 Å². The number of hydrogen-bond acceptors (Lipinski definition) is 3. The maximum atomic E-state index is 12.1. The smallest absolute Gasteiger partial charge is 0.226 e. The largest absolute Gasteiger partial charge is 0.355 e. The third-order valence-electron chi connectivity index (χ3n) is 4.03. The van der Waals surface area contributed by atoms with Gasteiger partial charge in [-0.25, -0.2) is 4.68 Å². The minimum atomic E-state index is -0.131. The second-order valence-electron chi connectivity index (χ2n) is 5.88. The van der Waals surface area contributed by atoms with Gasteiger partial charge in [0, 0.05) is 31.3 Å². The molecule has 2 N–H and O–H groups in total. The normalized spacial score (nSPS) is 19.2. The lowest BCUT2D eigenvalue weighted by atomic mass is 10.2. The van der Waals surface area contributed by atoms with Crippen molar-refractivity contribution in [3.05, 3.63) is 42.7 Å². The Morgan fingerprint density at radius 2 is 2.09 bits per heavy atom. The van der Waals surface area contributed by atoms with Crippen LogP contribution in [0.4, 0.5) is 5.69 Å². The van der Waals surface area contributed by atoms with E-state index in [4.69, 9.17) is 0 Å². The molecule has 2 aromatic rings. The van der Waals surface area contributed by atoms with Crippen LogP contribution in [0.3, 0.4) is 0 Å². The molecule has 1 aliphatic carbocycles. The number of aromatic nitrogens is 2. The molecule has 0 radical (unpaired) electrons. The fourth-order valence-electron chi connectivity index (χ4n) is 2.52. The van der Waals surface area contributed by atoms with Gasteiger partial charge < -0.3 is 10.6 Å². The summed E-state index contributed by atoms with van der Waals surface area (Å²) in [5, 5.41) is 9.87. The van der Waals surface area contributed by atoms with Gasteiger partial charge in [-0.15, -0.1) is 0 Å². The maximum absolute atomic E-state index is 12.1. The molecule has 0 aliphatic heterocycles. The average molecular weight is 312 g/mol. The fraction of sp³-hybridized carbons (Fsp3) is 0.353. The summed E-state index contributed by atoms with van der Waals surface area (Å²) in [5.74, 6) is 0.541. The minimum Gasteiger partial charge on any atom is -0.355 e. The zero-order valence-corrected chi connectivity index (χ0v) is 13.0. The number of carbonyl (C=O) groups is 2. The molecule has 0 spiro atoms. The van der Waals surface area contributed by atoms with Gasteiger partial charge in [0.05, 0.1) is 11.4 Å². The molecule has 1 aromatic heterocycles. The summed E-state index contributed by atoms with van der Waals surface area (Å²) in [5.41, 5.74) is 1.50. The summed E-state index contributed by atoms with van der Waals surface area (Å²) in [4.78, 5) is 23.8. The lowest BCUT2D eigenvalue weighted by Crippen LogP contribution is -2.29. The molecule has 0 saturated heterocycles. The molecule has 0 bridgehead atoms. The molecule has 2 amide bonds. The third-order valence-corrected chi connectivity index (χ3v) is 4.03. The Morgan fingerprint density at radius 1 is 1.30 bits per heavy atom. The summed E-state index contributed by atoms with van der Waals surface area (Å²) < 4.78 is 1.70. The number of rotatable bonds is 6. The first-order chi connectivity index (χ1) is 11.1. The topological polar surface area (TPSA) is 76.0 Å². The van der Waals surface area contributed by atoms with Crippen molar-refractivity contribution in [3.8, 4) is 5.69 Å². The highest BCUT2D eigenvalue weighted by atomic mass is 16.2. The van der Waals surface area contributed by atoms with Crippen molar-refractivity contribution in [2.75, 3.05) is 11.9 Å². The number of amides is 2. The van der Waals surface area contributed by atoms with Crippen molar-refractivity contribution in [2.24, 2.45) is 11.8 Å². The predicted molar refractivity (Wildman–Crippen MR) is 87.1 cm³/mol. The van der Waals surface area contributed by atoms with Gasteiger partial charge in [0.15, 0.2) is 0 Å². The molecule has 1 saturated carbocycles. The number of hydrogen-bond donors (Lipinski definition) is 2. The average Bonchev–Trinajstić information content (AvgIpc) is 3.04. The molecule has 0 unspecified atom stereocenters. The molecular formula is C17H20N4O2. The molecule has 1 heterocycles. The van der Waals surface area contributed by atoms with E-state index < -0.39 is 0 Å². The molecule has 2 atom stereocenters. The van der Waals surface area contributed by atoms with Crippen LogP contribution in [0.15, 0.2) is 42.7 Å². The summed E-state index contributed by atoms with van der Waals surface area (Å²) in [6.07, 6.45) is 4.71. The molecule has 1 aliphatic rings. The number of nitrogens with zero attached hydrogens (tertiary/aromatic N) is 2. The van der Waals surface area contributed by atoms with Crippen LogP contribution >= 0.6 is 0 Å². The zero-order valence-electron chi connectivity index (χ0n) is 13.0. The van der Waals surface area contributed by atoms with Gasteiger partial charge >= 0.3 is 0 Å². The van der Waals surface area contributed by atoms with Gasteiger partial charge in [0.2, 0.25) is 11.8 Å². The molecular weight excluding hydrogens is 292 g/mol. The molecule has 1 aromatic carbocycles. The van der Waals surface area contributed by atoms with Crippen molar-refractivity contribution in [1.29, 1.82) is 0 Å². The highest BCUT2D eigenvalue weighted by Gasteiger charge is 2.38. The van der Waals surface area contributed by atoms with Gasteiger partial charge in [-0.3, -0.25) is 9.59 Å². The SMILES string of the molecule is C[C@@H]1C[C@@H]1C(=O)NCCC(=O)Nc1ccccc1-n1cccn1. The third kappa shape index (κ3) is 3.77. The number of carbonyl (C=O) groups excluding carboxylic acids is 2. The molecule has 6 nitrogen and oxygen atoms in total. The van der Waals surface area contributed by atoms with E-state index in [1.807, 2.05) is 36.5 Å². The Labute approximate surface area is 134 Å². The van der Waals surface area contributed by atoms with Gasteiger partial charge in [-0.05, 0) is 30.5 Å². The highest BCUT2D eigenvalue weighted by molar-refractivity contribution is 5.93. The summed E-state index contributed by atoms with van der Waals surface area (Å²) in [6, 6.07) is 9.30. The van der Waals surface area contributed by atoms with E-state index in [0.717, 1.165) is 12.1 Å². The van der Waals surface area contributed by atoms with E-state index in [2.05, 4.69) is 22.7 Å². The maximum Gasteiger partial charge on any atom is 0.226 e. The first-order valence-corrected chi connectivity index (χ1v) is 7.82. The van der Waals surface area contributed by atoms with Crippen LogP contribution in [0.5, 0.6) is 0 Å². The Morgan fingerprint density at radius 3 is 2.78 bits per heavy atom. The Hall–Kier alpha value is -2.63. The van der Waals surface area contributed by atoms with E-state index in [9.17, 15) is 9.59 Å². The summed E-state index contributed by atoms with van der Waals surface area (Å²) in [7, 11) is 0. The first kappa shape index (κ1) is 15.3. The number of nitrogens with one attached hydrogen (secondary N) is 2. The molecule has 3 rings (SSSR count). The van der Waals surface area contributed by atoms with Crippen molar-refractivity contribution >= 4 is 17.5 Å². The Bertz CT molecular complexity index is 696. The standard InChI is InChI=1S/C17H20N4O2/c1-12-11-13(12)17(23)18-9-7-16(22)20-14-5-2-3-6-15(14)21-10-4-8-19-21/h2-6,8,10,12-13H,7,9,11H2,1H3,(H,18,23)(H,20,22)/t12-,13+/m1/s1. The lowest BCUT2D eigenvalue weighted by Gasteiger charge is -2.11. The Kier molecular flexibility index (Phi) is 4.41. The van der Waals surface area contributed by atoms with E-state index >= 15 is 0 Å². The van der Waals surface area contributed by atoms with Crippen LogP contribution in [-0.2, 0) is 9.59 Å². The summed E-state index contributed by atoms with van der Waals surface area (Å²) in [6.45, 7) is 2.42. The highest BCUT2D eigenvalue weighted by Crippen LogP contribution is 2.37. The molecule has 120 valence electrons. The van der Waals surface area contributed by atoms with Gasteiger partial charge in [-0.2, -0.15) is 5.10 Å². The van der Waals surface area contributed by atoms with Gasteiger partial charge in [0.25, 0.3) is 0 Å². The second-order valence-corrected chi connectivity index (χ2v) is 5.88. The van der Waals surface area contributed by atoms with Gasteiger partial charge in [0.1, 0.15) is 0 Å². The minimum absolute atomic E-state index is 0.0576. The van der Waals surface area contributed by atoms with Crippen molar-refractivity contribution in [3.63, 3.8) is 0 Å². The first-order valence-electron chi connectivity index (χ1n) is 7.82. The lowest BCUT2D eigenvalue weighted by molar-refractivity contribution is -0.122. The van der Waals surface area contributed by atoms with E-state index in [-0.39, 0.29) is 24.2 Å². The second kappa shape index (κ2) is 6.64. The monoisotopic (exact) mass is 312 g/mol. The van der Waals surface area contributed by atoms with Crippen LogP contribution in [0, 0.1) is 11.8 Å². The number of para-hydroxylation sites is 2. The quantitative estimate of drug-likeness (QED) is 0.856. The van der Waals surface area contributed by atoms with Crippen LogP contribution in [0.25, 0.3) is 5.69 Å². The number of benzene rings is 1. The molecule has 23 heavy (non-hydrogen) atoms. The van der Waals surface area contributed by atoms with Crippen LogP contribution in [0.2, 0.25) is 0 Å². The van der Waals surface area contributed by atoms with E-state index in [1.54, 1.807) is 10.9 Å². The van der Waals surface area contributed by atoms with Crippen molar-refractivity contribution in [1.82, 2.24) is 15.1 Å². The van der Waals surface area contributed by atoms with Crippen LogP contribution < -0.4 is 10.6 Å². The van der Waals surface area contributed by atoms with Crippen LogP contribution in [-0.4, -0.2) is 28.1 Å². The summed E-state index contributed by atoms with van der Waals surface area (Å²) >= 11 is 0. The number of anilines is 1. The van der Waals surface area contributed by atoms with E-state index in [0.29, 0.717) is 18.2 Å².